The third-order valence-electron chi connectivity index (χ3n) is 4.37. The Balaban J connectivity index is 1.56. The minimum Gasteiger partial charge on any atom is -0.490 e. The van der Waals surface area contributed by atoms with Gasteiger partial charge in [-0.2, -0.15) is 18.4 Å². The zero-order valence-corrected chi connectivity index (χ0v) is 16.2. The second-order valence-electron chi connectivity index (χ2n) is 6.64. The molecule has 1 aliphatic rings. The molecule has 2 aromatic rings. The normalized spacial score (nSPS) is 12.9. The van der Waals surface area contributed by atoms with Gasteiger partial charge in [0.25, 0.3) is 0 Å². The van der Waals surface area contributed by atoms with Gasteiger partial charge in [-0.1, -0.05) is 12.1 Å². The van der Waals surface area contributed by atoms with Gasteiger partial charge in [0, 0.05) is 18.5 Å². The van der Waals surface area contributed by atoms with Crippen LogP contribution in [0.15, 0.2) is 42.5 Å². The molecule has 1 N–H and O–H groups in total. The van der Waals surface area contributed by atoms with Crippen LogP contribution in [0.1, 0.15) is 18.4 Å². The quantitative estimate of drug-likeness (QED) is 0.751. The van der Waals surface area contributed by atoms with Crippen LogP contribution in [0.2, 0.25) is 0 Å². The summed E-state index contributed by atoms with van der Waals surface area (Å²) < 4.78 is 47.0. The first-order chi connectivity index (χ1) is 14.8. The van der Waals surface area contributed by atoms with Gasteiger partial charge in [0.15, 0.2) is 6.61 Å². The summed E-state index contributed by atoms with van der Waals surface area (Å²) in [6.45, 7) is -0.794. The van der Waals surface area contributed by atoms with Crippen molar-refractivity contribution >= 4 is 23.2 Å². The van der Waals surface area contributed by atoms with Crippen LogP contribution < -0.4 is 19.7 Å². The standard InChI is InChI=1S/C21H18F3N3O4/c22-21(23,24)13-31-17-6-5-15(11-14(17)12-25)26-19(28)7-8-20(29)27-9-10-30-18-4-2-1-3-16(18)27/h1-6,11H,7-10,13H2,(H,26,28). The predicted molar refractivity (Wildman–Crippen MR) is 105 cm³/mol. The van der Waals surface area contributed by atoms with E-state index in [0.29, 0.717) is 24.6 Å². The number of para-hydroxylation sites is 2. The van der Waals surface area contributed by atoms with E-state index in [2.05, 4.69) is 10.1 Å². The number of hydrogen-bond donors (Lipinski definition) is 1. The maximum absolute atomic E-state index is 12.6. The van der Waals surface area contributed by atoms with Crippen LogP contribution in [0.25, 0.3) is 0 Å². The van der Waals surface area contributed by atoms with Crippen molar-refractivity contribution in [3.63, 3.8) is 0 Å². The van der Waals surface area contributed by atoms with Crippen LogP contribution in [0.5, 0.6) is 11.5 Å². The number of nitrogens with one attached hydrogen (secondary N) is 1. The van der Waals surface area contributed by atoms with Gasteiger partial charge in [-0.25, -0.2) is 0 Å². The first-order valence-corrected chi connectivity index (χ1v) is 9.32. The van der Waals surface area contributed by atoms with Crippen LogP contribution in [0.4, 0.5) is 24.5 Å². The van der Waals surface area contributed by atoms with Gasteiger partial charge in [-0.15, -0.1) is 0 Å². The van der Waals surface area contributed by atoms with Crippen LogP contribution in [0, 0.1) is 11.3 Å². The number of alkyl halides is 3. The molecule has 0 spiro atoms. The zero-order valence-electron chi connectivity index (χ0n) is 16.2. The molecule has 2 amide bonds. The number of nitriles is 1. The SMILES string of the molecule is N#Cc1cc(NC(=O)CCC(=O)N2CCOc3ccccc32)ccc1OCC(F)(F)F. The highest BCUT2D eigenvalue weighted by atomic mass is 19.4. The van der Waals surface area contributed by atoms with E-state index >= 15 is 0 Å². The average Bonchev–Trinajstić information content (AvgIpc) is 2.75. The van der Waals surface area contributed by atoms with Crippen molar-refractivity contribution in [2.45, 2.75) is 19.0 Å². The topological polar surface area (TPSA) is 91.7 Å². The van der Waals surface area contributed by atoms with E-state index in [9.17, 15) is 22.8 Å². The molecular weight excluding hydrogens is 415 g/mol. The van der Waals surface area contributed by atoms with Gasteiger partial charge in [0.2, 0.25) is 11.8 Å². The highest BCUT2D eigenvalue weighted by Gasteiger charge is 2.29. The fourth-order valence-corrected chi connectivity index (χ4v) is 2.99. The lowest BCUT2D eigenvalue weighted by molar-refractivity contribution is -0.153. The molecule has 10 heteroatoms. The summed E-state index contributed by atoms with van der Waals surface area (Å²) >= 11 is 0. The van der Waals surface area contributed by atoms with Crippen molar-refractivity contribution < 1.29 is 32.2 Å². The van der Waals surface area contributed by atoms with E-state index in [1.165, 1.54) is 18.2 Å². The number of ether oxygens (including phenoxy) is 2. The van der Waals surface area contributed by atoms with E-state index in [4.69, 9.17) is 10.00 Å². The first kappa shape index (κ1) is 22.0. The molecule has 2 aromatic carbocycles. The number of halogens is 3. The molecule has 3 rings (SSSR count). The lowest BCUT2D eigenvalue weighted by Crippen LogP contribution is -2.38. The maximum atomic E-state index is 12.6. The Morgan fingerprint density at radius 1 is 1.19 bits per heavy atom. The molecule has 0 aromatic heterocycles. The highest BCUT2D eigenvalue weighted by Crippen LogP contribution is 2.31. The molecule has 1 heterocycles. The van der Waals surface area contributed by atoms with Crippen LogP contribution in [-0.2, 0) is 9.59 Å². The Morgan fingerprint density at radius 2 is 1.97 bits per heavy atom. The average molecular weight is 433 g/mol. The molecule has 0 aliphatic carbocycles. The summed E-state index contributed by atoms with van der Waals surface area (Å²) in [6, 6.07) is 12.6. The lowest BCUT2D eigenvalue weighted by atomic mass is 10.1. The molecule has 0 bridgehead atoms. The van der Waals surface area contributed by atoms with Gasteiger partial charge in [0.1, 0.15) is 24.2 Å². The van der Waals surface area contributed by atoms with Crippen molar-refractivity contribution in [1.82, 2.24) is 0 Å². The molecule has 0 radical (unpaired) electrons. The van der Waals surface area contributed by atoms with Crippen molar-refractivity contribution in [3.8, 4) is 17.6 Å². The second kappa shape index (κ2) is 9.38. The van der Waals surface area contributed by atoms with Crippen LogP contribution in [0.3, 0.4) is 0 Å². The van der Waals surface area contributed by atoms with Gasteiger partial charge in [-0.3, -0.25) is 9.59 Å². The minimum absolute atomic E-state index is 0.0436. The van der Waals surface area contributed by atoms with E-state index < -0.39 is 18.7 Å². The number of rotatable bonds is 6. The monoisotopic (exact) mass is 433 g/mol. The molecule has 0 saturated carbocycles. The zero-order chi connectivity index (χ0) is 22.4. The molecule has 1 aliphatic heterocycles. The molecule has 7 nitrogen and oxygen atoms in total. The largest absolute Gasteiger partial charge is 0.490 e. The summed E-state index contributed by atoms with van der Waals surface area (Å²) in [5.41, 5.74) is 0.709. The first-order valence-electron chi connectivity index (χ1n) is 9.32. The highest BCUT2D eigenvalue weighted by molar-refractivity contribution is 5.99. The summed E-state index contributed by atoms with van der Waals surface area (Å²) in [5, 5.41) is 11.7. The number of nitrogens with zero attached hydrogens (tertiary/aromatic N) is 2. The van der Waals surface area contributed by atoms with Crippen LogP contribution in [-0.4, -0.2) is 37.7 Å². The summed E-state index contributed by atoms with van der Waals surface area (Å²) in [6.07, 6.45) is -4.68. The molecular formula is C21H18F3N3O4. The van der Waals surface area contributed by atoms with E-state index in [1.807, 2.05) is 0 Å². The number of fused-ring (bicyclic) bond motifs is 1. The number of carbonyl (C=O) groups excluding carboxylic acids is 2. The minimum atomic E-state index is -4.53. The number of amides is 2. The molecule has 0 atom stereocenters. The summed E-state index contributed by atoms with van der Waals surface area (Å²) in [7, 11) is 0. The third-order valence-corrected chi connectivity index (χ3v) is 4.37. The second-order valence-corrected chi connectivity index (χ2v) is 6.64. The summed E-state index contributed by atoms with van der Waals surface area (Å²) in [5.74, 6) is -0.343. The number of carbonyl (C=O) groups is 2. The number of anilines is 2. The lowest BCUT2D eigenvalue weighted by Gasteiger charge is -2.29. The molecule has 162 valence electrons. The third kappa shape index (κ3) is 5.88. The molecule has 0 unspecified atom stereocenters. The van der Waals surface area contributed by atoms with Crippen molar-refractivity contribution in [3.05, 3.63) is 48.0 Å². The van der Waals surface area contributed by atoms with E-state index in [0.717, 1.165) is 0 Å². The van der Waals surface area contributed by atoms with Gasteiger partial charge in [0.05, 0.1) is 17.8 Å². The predicted octanol–water partition coefficient (Wildman–Crippen LogP) is 3.64. The molecule has 0 saturated heterocycles. The van der Waals surface area contributed by atoms with Crippen LogP contribution >= 0.6 is 0 Å². The van der Waals surface area contributed by atoms with E-state index in [-0.39, 0.29) is 35.7 Å². The molecule has 31 heavy (non-hydrogen) atoms. The Morgan fingerprint density at radius 3 is 2.71 bits per heavy atom. The van der Waals surface area contributed by atoms with Gasteiger partial charge in [-0.05, 0) is 30.3 Å². The Hall–Kier alpha value is -3.74. The summed E-state index contributed by atoms with van der Waals surface area (Å²) in [4.78, 5) is 26.3. The Kier molecular flexibility index (Phi) is 6.65. The van der Waals surface area contributed by atoms with Gasteiger partial charge < -0.3 is 19.7 Å². The fourth-order valence-electron chi connectivity index (χ4n) is 2.99. The maximum Gasteiger partial charge on any atom is 0.422 e. The van der Waals surface area contributed by atoms with Crippen molar-refractivity contribution in [2.75, 3.05) is 30.0 Å². The molecule has 0 fully saturated rings. The van der Waals surface area contributed by atoms with E-state index in [1.54, 1.807) is 35.2 Å². The Labute approximate surface area is 176 Å². The number of hydrogen-bond acceptors (Lipinski definition) is 5. The van der Waals surface area contributed by atoms with Gasteiger partial charge >= 0.3 is 6.18 Å². The van der Waals surface area contributed by atoms with Crippen molar-refractivity contribution in [2.24, 2.45) is 0 Å². The van der Waals surface area contributed by atoms with Crippen molar-refractivity contribution in [1.29, 1.82) is 5.26 Å². The number of benzene rings is 2. The fraction of sp³-hybridized carbons (Fsp3) is 0.286. The smallest absolute Gasteiger partial charge is 0.422 e. The Bertz CT molecular complexity index is 1020.